The van der Waals surface area contributed by atoms with Gasteiger partial charge in [-0.2, -0.15) is 5.26 Å². The van der Waals surface area contributed by atoms with Crippen LogP contribution in [0, 0.1) is 18.3 Å². The second-order valence-electron chi connectivity index (χ2n) is 4.62. The Morgan fingerprint density at radius 3 is 2.45 bits per heavy atom. The third-order valence-corrected chi connectivity index (χ3v) is 3.18. The molecule has 20 heavy (non-hydrogen) atoms. The van der Waals surface area contributed by atoms with Crippen LogP contribution in [0.3, 0.4) is 0 Å². The Hall–Kier alpha value is -2.67. The normalized spacial score (nSPS) is 12.6. The standard InChI is InChI=1S/C16H14N2O2/c1-11-8-13(3-2-12(11)10-17)18-14-4-5-15-16(9-14)20-7-6-19-15/h2-5,8-9,18H,6-7H2,1H3. The molecule has 0 saturated carbocycles. The number of ether oxygens (including phenoxy) is 2. The second kappa shape index (κ2) is 5.14. The molecular formula is C16H14N2O2. The third kappa shape index (κ3) is 2.39. The number of rotatable bonds is 2. The number of hydrogen-bond acceptors (Lipinski definition) is 4. The zero-order chi connectivity index (χ0) is 13.9. The number of nitrogens with one attached hydrogen (secondary N) is 1. The highest BCUT2D eigenvalue weighted by molar-refractivity contribution is 5.65. The first-order valence-corrected chi connectivity index (χ1v) is 6.44. The van der Waals surface area contributed by atoms with Gasteiger partial charge in [0, 0.05) is 17.4 Å². The van der Waals surface area contributed by atoms with Crippen LogP contribution in [0.5, 0.6) is 11.5 Å². The van der Waals surface area contributed by atoms with Gasteiger partial charge in [-0.25, -0.2) is 0 Å². The van der Waals surface area contributed by atoms with Crippen LogP contribution >= 0.6 is 0 Å². The number of nitriles is 1. The molecular weight excluding hydrogens is 252 g/mol. The lowest BCUT2D eigenvalue weighted by Gasteiger charge is -2.19. The molecule has 1 aliphatic rings. The van der Waals surface area contributed by atoms with Gasteiger partial charge in [0.2, 0.25) is 0 Å². The summed E-state index contributed by atoms with van der Waals surface area (Å²) in [6, 6.07) is 13.6. The monoisotopic (exact) mass is 266 g/mol. The van der Waals surface area contributed by atoms with Crippen molar-refractivity contribution in [3.63, 3.8) is 0 Å². The maximum atomic E-state index is 8.93. The van der Waals surface area contributed by atoms with Crippen molar-refractivity contribution in [2.24, 2.45) is 0 Å². The summed E-state index contributed by atoms with van der Waals surface area (Å²) in [5.74, 6) is 1.53. The van der Waals surface area contributed by atoms with Crippen molar-refractivity contribution in [3.05, 3.63) is 47.5 Å². The number of nitrogens with zero attached hydrogens (tertiary/aromatic N) is 1. The predicted octanol–water partition coefficient (Wildman–Crippen LogP) is 3.38. The highest BCUT2D eigenvalue weighted by atomic mass is 16.6. The topological polar surface area (TPSA) is 54.3 Å². The molecule has 0 spiro atoms. The van der Waals surface area contributed by atoms with Crippen molar-refractivity contribution in [2.75, 3.05) is 18.5 Å². The van der Waals surface area contributed by atoms with Gasteiger partial charge in [0.1, 0.15) is 13.2 Å². The van der Waals surface area contributed by atoms with E-state index in [9.17, 15) is 0 Å². The molecule has 0 radical (unpaired) electrons. The lowest BCUT2D eigenvalue weighted by atomic mass is 10.1. The van der Waals surface area contributed by atoms with E-state index in [0.717, 1.165) is 28.4 Å². The van der Waals surface area contributed by atoms with Crippen LogP contribution in [-0.2, 0) is 0 Å². The summed E-state index contributed by atoms with van der Waals surface area (Å²) in [5.41, 5.74) is 3.52. The first-order chi connectivity index (χ1) is 9.76. The smallest absolute Gasteiger partial charge is 0.163 e. The van der Waals surface area contributed by atoms with Crippen LogP contribution in [0.2, 0.25) is 0 Å². The van der Waals surface area contributed by atoms with Crippen molar-refractivity contribution in [3.8, 4) is 17.6 Å². The summed E-state index contributed by atoms with van der Waals surface area (Å²) in [4.78, 5) is 0. The van der Waals surface area contributed by atoms with E-state index in [2.05, 4.69) is 11.4 Å². The van der Waals surface area contributed by atoms with E-state index in [4.69, 9.17) is 14.7 Å². The molecule has 0 atom stereocenters. The van der Waals surface area contributed by atoms with E-state index in [-0.39, 0.29) is 0 Å². The van der Waals surface area contributed by atoms with Crippen molar-refractivity contribution >= 4 is 11.4 Å². The maximum absolute atomic E-state index is 8.93. The molecule has 0 bridgehead atoms. The van der Waals surface area contributed by atoms with Crippen molar-refractivity contribution in [1.82, 2.24) is 0 Å². The lowest BCUT2D eigenvalue weighted by Crippen LogP contribution is -2.15. The van der Waals surface area contributed by atoms with Crippen LogP contribution in [0.15, 0.2) is 36.4 Å². The molecule has 100 valence electrons. The summed E-state index contributed by atoms with van der Waals surface area (Å²) < 4.78 is 11.0. The van der Waals surface area contributed by atoms with Gasteiger partial charge in [0.15, 0.2) is 11.5 Å². The fourth-order valence-corrected chi connectivity index (χ4v) is 2.15. The number of anilines is 2. The van der Waals surface area contributed by atoms with Gasteiger partial charge in [-0.15, -0.1) is 0 Å². The first-order valence-electron chi connectivity index (χ1n) is 6.44. The van der Waals surface area contributed by atoms with Crippen molar-refractivity contribution in [1.29, 1.82) is 5.26 Å². The fourth-order valence-electron chi connectivity index (χ4n) is 2.15. The Kier molecular flexibility index (Phi) is 3.18. The molecule has 0 saturated heterocycles. The lowest BCUT2D eigenvalue weighted by molar-refractivity contribution is 0.171. The zero-order valence-electron chi connectivity index (χ0n) is 11.1. The molecule has 0 fully saturated rings. The minimum atomic E-state index is 0.576. The molecule has 1 N–H and O–H groups in total. The van der Waals surface area contributed by atoms with E-state index in [1.54, 1.807) is 0 Å². The van der Waals surface area contributed by atoms with Crippen LogP contribution < -0.4 is 14.8 Å². The van der Waals surface area contributed by atoms with Crippen LogP contribution in [0.25, 0.3) is 0 Å². The average Bonchev–Trinajstić information content (AvgIpc) is 2.47. The second-order valence-corrected chi connectivity index (χ2v) is 4.62. The predicted molar refractivity (Wildman–Crippen MR) is 76.6 cm³/mol. The fraction of sp³-hybridized carbons (Fsp3) is 0.188. The van der Waals surface area contributed by atoms with E-state index < -0.39 is 0 Å². The van der Waals surface area contributed by atoms with Crippen LogP contribution in [0.1, 0.15) is 11.1 Å². The van der Waals surface area contributed by atoms with Gasteiger partial charge < -0.3 is 14.8 Å². The minimum absolute atomic E-state index is 0.576. The van der Waals surface area contributed by atoms with Crippen molar-refractivity contribution < 1.29 is 9.47 Å². The van der Waals surface area contributed by atoms with Gasteiger partial charge in [0.25, 0.3) is 0 Å². The maximum Gasteiger partial charge on any atom is 0.163 e. The largest absolute Gasteiger partial charge is 0.486 e. The summed E-state index contributed by atoms with van der Waals surface area (Å²) in [6.45, 7) is 3.09. The Morgan fingerprint density at radius 2 is 1.70 bits per heavy atom. The van der Waals surface area contributed by atoms with Gasteiger partial charge in [-0.05, 0) is 42.8 Å². The van der Waals surface area contributed by atoms with E-state index in [0.29, 0.717) is 18.8 Å². The van der Waals surface area contributed by atoms with Gasteiger partial charge in [-0.3, -0.25) is 0 Å². The highest BCUT2D eigenvalue weighted by Gasteiger charge is 2.11. The third-order valence-electron chi connectivity index (χ3n) is 3.18. The van der Waals surface area contributed by atoms with E-state index in [1.165, 1.54) is 0 Å². The molecule has 4 nitrogen and oxygen atoms in total. The molecule has 1 aliphatic heterocycles. The Bertz CT molecular complexity index is 689. The van der Waals surface area contributed by atoms with Gasteiger partial charge >= 0.3 is 0 Å². The van der Waals surface area contributed by atoms with Gasteiger partial charge in [0.05, 0.1) is 11.6 Å². The van der Waals surface area contributed by atoms with Crippen LogP contribution in [-0.4, -0.2) is 13.2 Å². The summed E-state index contributed by atoms with van der Waals surface area (Å²) in [7, 11) is 0. The quantitative estimate of drug-likeness (QED) is 0.905. The highest BCUT2D eigenvalue weighted by Crippen LogP contribution is 2.33. The summed E-state index contributed by atoms with van der Waals surface area (Å²) >= 11 is 0. The SMILES string of the molecule is Cc1cc(Nc2ccc3c(c2)OCCO3)ccc1C#N. The number of fused-ring (bicyclic) bond motifs is 1. The molecule has 2 aromatic carbocycles. The Labute approximate surface area is 117 Å². The first kappa shape index (κ1) is 12.4. The summed E-state index contributed by atoms with van der Waals surface area (Å²) in [5, 5.41) is 12.2. The molecule has 0 amide bonds. The van der Waals surface area contributed by atoms with Gasteiger partial charge in [-0.1, -0.05) is 0 Å². The van der Waals surface area contributed by atoms with E-state index >= 15 is 0 Å². The average molecular weight is 266 g/mol. The van der Waals surface area contributed by atoms with E-state index in [1.807, 2.05) is 43.3 Å². The number of benzene rings is 2. The zero-order valence-corrected chi connectivity index (χ0v) is 11.1. The molecule has 0 unspecified atom stereocenters. The molecule has 4 heteroatoms. The molecule has 3 rings (SSSR count). The number of aryl methyl sites for hydroxylation is 1. The van der Waals surface area contributed by atoms with Crippen molar-refractivity contribution in [2.45, 2.75) is 6.92 Å². The van der Waals surface area contributed by atoms with Crippen LogP contribution in [0.4, 0.5) is 11.4 Å². The Balaban J connectivity index is 1.84. The molecule has 0 aliphatic carbocycles. The number of hydrogen-bond donors (Lipinski definition) is 1. The molecule has 0 aromatic heterocycles. The minimum Gasteiger partial charge on any atom is -0.486 e. The molecule has 1 heterocycles. The molecule has 2 aromatic rings. The summed E-state index contributed by atoms with van der Waals surface area (Å²) in [6.07, 6.45) is 0. The Morgan fingerprint density at radius 1 is 1.00 bits per heavy atom.